The van der Waals surface area contributed by atoms with Gasteiger partial charge in [0.05, 0.1) is 12.5 Å². The minimum absolute atomic E-state index is 0.0820. The quantitative estimate of drug-likeness (QED) is 0.602. The molecule has 0 radical (unpaired) electrons. The van der Waals surface area contributed by atoms with E-state index in [1.54, 1.807) is 7.11 Å². The summed E-state index contributed by atoms with van der Waals surface area (Å²) in [6.07, 6.45) is 0. The predicted octanol–water partition coefficient (Wildman–Crippen LogP) is 4.48. The highest BCUT2D eigenvalue weighted by Crippen LogP contribution is 2.27. The molecule has 0 fully saturated rings. The van der Waals surface area contributed by atoms with Crippen LogP contribution in [-0.2, 0) is 9.53 Å². The van der Waals surface area contributed by atoms with Gasteiger partial charge in [-0.1, -0.05) is 66.7 Å². The first-order valence-electron chi connectivity index (χ1n) is 8.90. The molecule has 0 unspecified atom stereocenters. The molecular weight excluding hydrogens is 338 g/mol. The summed E-state index contributed by atoms with van der Waals surface area (Å²) in [6.45, 7) is 0.977. The van der Waals surface area contributed by atoms with E-state index in [0.717, 1.165) is 11.1 Å². The minimum Gasteiger partial charge on any atom is -0.491 e. The van der Waals surface area contributed by atoms with Crippen molar-refractivity contribution in [3.05, 3.63) is 96.1 Å². The third kappa shape index (κ3) is 5.19. The predicted molar refractivity (Wildman–Crippen MR) is 107 cm³/mol. The van der Waals surface area contributed by atoms with Crippen LogP contribution in [0.4, 0.5) is 5.69 Å². The van der Waals surface area contributed by atoms with Crippen LogP contribution in [0.25, 0.3) is 0 Å². The maximum Gasteiger partial charge on any atom is 0.236 e. The monoisotopic (exact) mass is 361 g/mol. The van der Waals surface area contributed by atoms with Gasteiger partial charge in [0, 0.05) is 18.9 Å². The first-order valence-corrected chi connectivity index (χ1v) is 8.90. The van der Waals surface area contributed by atoms with Gasteiger partial charge in [-0.05, 0) is 23.3 Å². The summed E-state index contributed by atoms with van der Waals surface area (Å²) in [5.41, 5.74) is 2.61. The molecular formula is C23H23NO3. The van der Waals surface area contributed by atoms with E-state index >= 15 is 0 Å². The SMILES string of the molecule is COCCOc1cccc(NC(=O)C(c2ccccc2)c2ccccc2)c1. The maximum absolute atomic E-state index is 13.1. The molecule has 0 aliphatic carbocycles. The van der Waals surface area contributed by atoms with Crippen LogP contribution >= 0.6 is 0 Å². The highest BCUT2D eigenvalue weighted by Gasteiger charge is 2.22. The van der Waals surface area contributed by atoms with Crippen LogP contribution in [0.3, 0.4) is 0 Å². The normalized spacial score (nSPS) is 10.6. The lowest BCUT2D eigenvalue weighted by Crippen LogP contribution is -2.22. The highest BCUT2D eigenvalue weighted by molar-refractivity contribution is 5.98. The number of rotatable bonds is 8. The van der Waals surface area contributed by atoms with Gasteiger partial charge in [-0.25, -0.2) is 0 Å². The Morgan fingerprint density at radius 2 is 1.48 bits per heavy atom. The Bertz CT molecular complexity index is 810. The van der Waals surface area contributed by atoms with E-state index in [0.29, 0.717) is 24.7 Å². The van der Waals surface area contributed by atoms with Gasteiger partial charge >= 0.3 is 0 Å². The van der Waals surface area contributed by atoms with Crippen molar-refractivity contribution in [2.24, 2.45) is 0 Å². The topological polar surface area (TPSA) is 47.6 Å². The van der Waals surface area contributed by atoms with Gasteiger partial charge in [-0.2, -0.15) is 0 Å². The van der Waals surface area contributed by atoms with Crippen LogP contribution in [0.1, 0.15) is 17.0 Å². The average molecular weight is 361 g/mol. The number of ether oxygens (including phenoxy) is 2. The second-order valence-electron chi connectivity index (χ2n) is 6.11. The first-order chi connectivity index (χ1) is 13.3. The summed E-state index contributed by atoms with van der Waals surface area (Å²) in [7, 11) is 1.63. The molecule has 3 aromatic rings. The Hall–Kier alpha value is -3.11. The smallest absolute Gasteiger partial charge is 0.236 e. The first kappa shape index (κ1) is 18.7. The number of hydrogen-bond donors (Lipinski definition) is 1. The molecule has 0 atom stereocenters. The van der Waals surface area contributed by atoms with Gasteiger partial charge in [0.1, 0.15) is 12.4 Å². The molecule has 0 aliphatic rings. The van der Waals surface area contributed by atoms with E-state index in [1.807, 2.05) is 84.9 Å². The lowest BCUT2D eigenvalue weighted by atomic mass is 9.90. The molecule has 0 aromatic heterocycles. The largest absolute Gasteiger partial charge is 0.491 e. The number of carbonyl (C=O) groups is 1. The molecule has 27 heavy (non-hydrogen) atoms. The number of benzene rings is 3. The van der Waals surface area contributed by atoms with Crippen molar-refractivity contribution in [1.82, 2.24) is 0 Å². The zero-order valence-corrected chi connectivity index (χ0v) is 15.3. The van der Waals surface area contributed by atoms with Gasteiger partial charge < -0.3 is 14.8 Å². The van der Waals surface area contributed by atoms with Crippen LogP contribution in [0.2, 0.25) is 0 Å². The van der Waals surface area contributed by atoms with Gasteiger partial charge in [0.15, 0.2) is 0 Å². The zero-order valence-electron chi connectivity index (χ0n) is 15.3. The summed E-state index contributed by atoms with van der Waals surface area (Å²) in [4.78, 5) is 13.1. The average Bonchev–Trinajstić information content (AvgIpc) is 2.70. The van der Waals surface area contributed by atoms with Crippen molar-refractivity contribution in [2.75, 3.05) is 25.6 Å². The van der Waals surface area contributed by atoms with Crippen LogP contribution < -0.4 is 10.1 Å². The molecule has 0 saturated carbocycles. The number of carbonyl (C=O) groups excluding carboxylic acids is 1. The van der Waals surface area contributed by atoms with Crippen molar-refractivity contribution < 1.29 is 14.3 Å². The van der Waals surface area contributed by atoms with Gasteiger partial charge in [0.25, 0.3) is 0 Å². The molecule has 0 bridgehead atoms. The fourth-order valence-corrected chi connectivity index (χ4v) is 2.91. The Morgan fingerprint density at radius 3 is 2.07 bits per heavy atom. The van der Waals surface area contributed by atoms with E-state index in [9.17, 15) is 4.79 Å². The van der Waals surface area contributed by atoms with Crippen molar-refractivity contribution in [2.45, 2.75) is 5.92 Å². The fourth-order valence-electron chi connectivity index (χ4n) is 2.91. The Balaban J connectivity index is 1.80. The van der Waals surface area contributed by atoms with Gasteiger partial charge in [0.2, 0.25) is 5.91 Å². The molecule has 0 spiro atoms. The van der Waals surface area contributed by atoms with Crippen molar-refractivity contribution in [1.29, 1.82) is 0 Å². The lowest BCUT2D eigenvalue weighted by Gasteiger charge is -2.18. The molecule has 0 aliphatic heterocycles. The van der Waals surface area contributed by atoms with E-state index in [1.165, 1.54) is 0 Å². The fraction of sp³-hybridized carbons (Fsp3) is 0.174. The molecule has 138 valence electrons. The maximum atomic E-state index is 13.1. The summed E-state index contributed by atoms with van der Waals surface area (Å²) < 4.78 is 10.6. The van der Waals surface area contributed by atoms with E-state index in [4.69, 9.17) is 9.47 Å². The zero-order chi connectivity index (χ0) is 18.9. The molecule has 4 nitrogen and oxygen atoms in total. The van der Waals surface area contributed by atoms with Crippen LogP contribution in [0.5, 0.6) is 5.75 Å². The van der Waals surface area contributed by atoms with E-state index < -0.39 is 0 Å². The third-order valence-corrected chi connectivity index (χ3v) is 4.19. The van der Waals surface area contributed by atoms with E-state index in [2.05, 4.69) is 5.32 Å². The lowest BCUT2D eigenvalue weighted by molar-refractivity contribution is -0.116. The highest BCUT2D eigenvalue weighted by atomic mass is 16.5. The van der Waals surface area contributed by atoms with Crippen LogP contribution in [0.15, 0.2) is 84.9 Å². The van der Waals surface area contributed by atoms with Crippen molar-refractivity contribution in [3.8, 4) is 5.75 Å². The molecule has 3 aromatic carbocycles. The summed E-state index contributed by atoms with van der Waals surface area (Å²) in [5, 5.41) is 3.02. The minimum atomic E-state index is -0.384. The number of methoxy groups -OCH3 is 1. The summed E-state index contributed by atoms with van der Waals surface area (Å²) in [5.74, 6) is 0.229. The molecule has 4 heteroatoms. The Labute approximate surface area is 159 Å². The molecule has 0 heterocycles. The van der Waals surface area contributed by atoms with Crippen molar-refractivity contribution in [3.63, 3.8) is 0 Å². The number of hydrogen-bond acceptors (Lipinski definition) is 3. The second-order valence-corrected chi connectivity index (χ2v) is 6.11. The molecule has 1 N–H and O–H groups in total. The van der Waals surface area contributed by atoms with Gasteiger partial charge in [-0.3, -0.25) is 4.79 Å². The third-order valence-electron chi connectivity index (χ3n) is 4.19. The summed E-state index contributed by atoms with van der Waals surface area (Å²) >= 11 is 0. The number of nitrogens with one attached hydrogen (secondary N) is 1. The van der Waals surface area contributed by atoms with Crippen LogP contribution in [0, 0.1) is 0 Å². The molecule has 1 amide bonds. The standard InChI is InChI=1S/C23H23NO3/c1-26-15-16-27-21-14-8-13-20(17-21)24-23(25)22(18-9-4-2-5-10-18)19-11-6-3-7-12-19/h2-14,17,22H,15-16H2,1H3,(H,24,25). The number of amides is 1. The number of anilines is 1. The molecule has 0 saturated heterocycles. The molecule has 3 rings (SSSR count). The van der Waals surface area contributed by atoms with Crippen LogP contribution in [-0.4, -0.2) is 26.2 Å². The second kappa shape index (κ2) is 9.55. The van der Waals surface area contributed by atoms with Crippen molar-refractivity contribution >= 4 is 11.6 Å². The van der Waals surface area contributed by atoms with E-state index in [-0.39, 0.29) is 11.8 Å². The Morgan fingerprint density at radius 1 is 0.852 bits per heavy atom. The summed E-state index contributed by atoms with van der Waals surface area (Å²) in [6, 6.07) is 27.0. The Kier molecular flexibility index (Phi) is 6.61. The van der Waals surface area contributed by atoms with Gasteiger partial charge in [-0.15, -0.1) is 0 Å².